The number of halogens is 1. The van der Waals surface area contributed by atoms with Crippen molar-refractivity contribution in [3.05, 3.63) is 29.3 Å². The highest BCUT2D eigenvalue weighted by atomic mass is 127. The van der Waals surface area contributed by atoms with Crippen molar-refractivity contribution >= 4 is 35.8 Å². The van der Waals surface area contributed by atoms with Crippen molar-refractivity contribution in [3.63, 3.8) is 0 Å². The molecule has 6 nitrogen and oxygen atoms in total. The first-order chi connectivity index (χ1) is 14.0. The summed E-state index contributed by atoms with van der Waals surface area (Å²) < 4.78 is 5.58. The Morgan fingerprint density at radius 1 is 1.30 bits per heavy atom. The van der Waals surface area contributed by atoms with Crippen LogP contribution in [-0.4, -0.2) is 43.6 Å². The standard InChI is InChI=1S/C23H36N4O2.HI/c1-4-24-23(25-12-10-17-8-9-21-18(14-17)11-13-29-21)27-20-7-5-6-19(15-20)22(28)26-16(2)3;/h8-9,14,16,19-20H,4-7,10-13,15H2,1-3H3,(H,26,28)(H2,24,25,27);1H. The molecule has 1 saturated carbocycles. The zero-order valence-electron chi connectivity index (χ0n) is 18.5. The zero-order chi connectivity index (χ0) is 20.6. The summed E-state index contributed by atoms with van der Waals surface area (Å²) in [5, 5.41) is 9.97. The van der Waals surface area contributed by atoms with Gasteiger partial charge in [0.2, 0.25) is 5.91 Å². The molecule has 0 radical (unpaired) electrons. The molecule has 30 heavy (non-hydrogen) atoms. The van der Waals surface area contributed by atoms with Crippen LogP contribution < -0.4 is 20.7 Å². The number of rotatable bonds is 7. The molecule has 2 unspecified atom stereocenters. The molecule has 1 aromatic rings. The summed E-state index contributed by atoms with van der Waals surface area (Å²) in [7, 11) is 0. The number of hydrogen-bond acceptors (Lipinski definition) is 3. The van der Waals surface area contributed by atoms with Crippen molar-refractivity contribution in [2.75, 3.05) is 19.7 Å². The zero-order valence-corrected chi connectivity index (χ0v) is 20.8. The van der Waals surface area contributed by atoms with Crippen molar-refractivity contribution in [2.24, 2.45) is 10.9 Å². The van der Waals surface area contributed by atoms with Gasteiger partial charge in [-0.05, 0) is 63.6 Å². The molecule has 3 N–H and O–H groups in total. The van der Waals surface area contributed by atoms with Crippen LogP contribution in [0.4, 0.5) is 0 Å². The normalized spacial score (nSPS) is 20.7. The van der Waals surface area contributed by atoms with Gasteiger partial charge >= 0.3 is 0 Å². The lowest BCUT2D eigenvalue weighted by Crippen LogP contribution is -2.47. The summed E-state index contributed by atoms with van der Waals surface area (Å²) in [4.78, 5) is 17.2. The van der Waals surface area contributed by atoms with Crippen LogP contribution in [0.1, 0.15) is 57.6 Å². The van der Waals surface area contributed by atoms with Crippen LogP contribution in [0.15, 0.2) is 23.2 Å². The van der Waals surface area contributed by atoms with Crippen LogP contribution in [0, 0.1) is 5.92 Å². The van der Waals surface area contributed by atoms with Crippen LogP contribution in [0.5, 0.6) is 5.75 Å². The number of carbonyl (C=O) groups excluding carboxylic acids is 1. The van der Waals surface area contributed by atoms with Gasteiger partial charge in [-0.25, -0.2) is 0 Å². The van der Waals surface area contributed by atoms with Gasteiger partial charge in [-0.15, -0.1) is 24.0 Å². The van der Waals surface area contributed by atoms with Gasteiger partial charge < -0.3 is 20.7 Å². The molecule has 1 aromatic carbocycles. The number of guanidine groups is 1. The Labute approximate surface area is 198 Å². The lowest BCUT2D eigenvalue weighted by molar-refractivity contribution is -0.126. The van der Waals surface area contributed by atoms with Crippen molar-refractivity contribution < 1.29 is 9.53 Å². The van der Waals surface area contributed by atoms with E-state index in [9.17, 15) is 4.79 Å². The van der Waals surface area contributed by atoms with Crippen molar-refractivity contribution in [1.29, 1.82) is 0 Å². The Bertz CT molecular complexity index is 723. The first kappa shape index (κ1) is 24.8. The van der Waals surface area contributed by atoms with E-state index in [0.29, 0.717) is 6.04 Å². The first-order valence-corrected chi connectivity index (χ1v) is 11.1. The maximum absolute atomic E-state index is 12.4. The van der Waals surface area contributed by atoms with E-state index >= 15 is 0 Å². The minimum absolute atomic E-state index is 0. The van der Waals surface area contributed by atoms with Gasteiger partial charge in [-0.1, -0.05) is 18.6 Å². The maximum Gasteiger partial charge on any atom is 0.223 e. The quantitative estimate of drug-likeness (QED) is 0.288. The largest absolute Gasteiger partial charge is 0.493 e. The minimum Gasteiger partial charge on any atom is -0.493 e. The molecule has 0 aromatic heterocycles. The summed E-state index contributed by atoms with van der Waals surface area (Å²) in [5.41, 5.74) is 2.61. The smallest absolute Gasteiger partial charge is 0.223 e. The van der Waals surface area contributed by atoms with Crippen molar-refractivity contribution in [3.8, 4) is 5.75 Å². The third-order valence-electron chi connectivity index (χ3n) is 5.59. The minimum atomic E-state index is 0. The van der Waals surface area contributed by atoms with Gasteiger partial charge in [0.05, 0.1) is 6.61 Å². The van der Waals surface area contributed by atoms with Gasteiger partial charge in [-0.3, -0.25) is 9.79 Å². The van der Waals surface area contributed by atoms with E-state index < -0.39 is 0 Å². The average molecular weight is 528 g/mol. The Morgan fingerprint density at radius 2 is 2.13 bits per heavy atom. The second kappa shape index (κ2) is 12.4. The molecule has 2 aliphatic rings. The second-order valence-electron chi connectivity index (χ2n) is 8.42. The molecule has 0 bridgehead atoms. The van der Waals surface area contributed by atoms with E-state index in [1.54, 1.807) is 0 Å². The van der Waals surface area contributed by atoms with Crippen LogP contribution in [-0.2, 0) is 17.6 Å². The number of aliphatic imine (C=N–C) groups is 1. The fraction of sp³-hybridized carbons (Fsp3) is 0.652. The first-order valence-electron chi connectivity index (χ1n) is 11.1. The second-order valence-corrected chi connectivity index (χ2v) is 8.42. The Kier molecular flexibility index (Phi) is 10.2. The number of benzene rings is 1. The predicted molar refractivity (Wildman–Crippen MR) is 133 cm³/mol. The Morgan fingerprint density at radius 3 is 2.90 bits per heavy atom. The molecule has 0 saturated heterocycles. The van der Waals surface area contributed by atoms with E-state index in [-0.39, 0.29) is 41.8 Å². The number of nitrogens with zero attached hydrogens (tertiary/aromatic N) is 1. The number of amides is 1. The lowest BCUT2D eigenvalue weighted by atomic mass is 9.85. The highest BCUT2D eigenvalue weighted by molar-refractivity contribution is 14.0. The molecule has 1 amide bonds. The van der Waals surface area contributed by atoms with E-state index in [0.717, 1.165) is 69.9 Å². The lowest BCUT2D eigenvalue weighted by Gasteiger charge is -2.30. The van der Waals surface area contributed by atoms with Gasteiger partial charge in [0.15, 0.2) is 5.96 Å². The van der Waals surface area contributed by atoms with Crippen LogP contribution >= 0.6 is 24.0 Å². The van der Waals surface area contributed by atoms with E-state index in [1.807, 2.05) is 13.8 Å². The van der Waals surface area contributed by atoms with E-state index in [4.69, 9.17) is 9.73 Å². The molecular weight excluding hydrogens is 491 g/mol. The number of fused-ring (bicyclic) bond motifs is 1. The third kappa shape index (κ3) is 7.32. The number of carbonyl (C=O) groups is 1. The van der Waals surface area contributed by atoms with Crippen LogP contribution in [0.3, 0.4) is 0 Å². The summed E-state index contributed by atoms with van der Waals surface area (Å²) in [6.45, 7) is 8.46. The molecule has 2 atom stereocenters. The predicted octanol–water partition coefficient (Wildman–Crippen LogP) is 3.42. The molecule has 1 aliphatic heterocycles. The molecule has 7 heteroatoms. The van der Waals surface area contributed by atoms with Gasteiger partial charge in [0, 0.05) is 37.5 Å². The Balaban J connectivity index is 0.00000320. The van der Waals surface area contributed by atoms with Gasteiger partial charge in [0.1, 0.15) is 5.75 Å². The molecule has 1 heterocycles. The highest BCUT2D eigenvalue weighted by Crippen LogP contribution is 2.26. The molecule has 168 valence electrons. The molecule has 3 rings (SSSR count). The maximum atomic E-state index is 12.4. The third-order valence-corrected chi connectivity index (χ3v) is 5.59. The van der Waals surface area contributed by atoms with E-state index in [2.05, 4.69) is 41.1 Å². The highest BCUT2D eigenvalue weighted by Gasteiger charge is 2.28. The summed E-state index contributed by atoms with van der Waals surface area (Å²) in [6, 6.07) is 6.95. The SMILES string of the molecule is CCNC(=NCCc1ccc2c(c1)CCO2)NC1CCCC(C(=O)NC(C)C)C1.I. The number of hydrogen-bond donors (Lipinski definition) is 3. The fourth-order valence-corrected chi connectivity index (χ4v) is 4.17. The monoisotopic (exact) mass is 528 g/mol. The molecule has 1 aliphatic carbocycles. The Hall–Kier alpha value is -1.51. The van der Waals surface area contributed by atoms with Gasteiger partial charge in [-0.2, -0.15) is 0 Å². The molecular formula is C23H37IN4O2. The average Bonchev–Trinajstić information content (AvgIpc) is 3.16. The van der Waals surface area contributed by atoms with Crippen molar-refractivity contribution in [2.45, 2.75) is 71.4 Å². The molecule has 1 fully saturated rings. The van der Waals surface area contributed by atoms with E-state index in [1.165, 1.54) is 11.1 Å². The fourth-order valence-electron chi connectivity index (χ4n) is 4.17. The van der Waals surface area contributed by atoms with Gasteiger partial charge in [0.25, 0.3) is 0 Å². The molecule has 0 spiro atoms. The number of nitrogens with one attached hydrogen (secondary N) is 3. The van der Waals surface area contributed by atoms with Crippen LogP contribution in [0.25, 0.3) is 0 Å². The summed E-state index contributed by atoms with van der Waals surface area (Å²) in [5.74, 6) is 2.17. The number of ether oxygens (including phenoxy) is 1. The van der Waals surface area contributed by atoms with Crippen molar-refractivity contribution in [1.82, 2.24) is 16.0 Å². The summed E-state index contributed by atoms with van der Waals surface area (Å²) in [6.07, 6.45) is 5.92. The summed E-state index contributed by atoms with van der Waals surface area (Å²) >= 11 is 0. The topological polar surface area (TPSA) is 74.8 Å². The van der Waals surface area contributed by atoms with Crippen LogP contribution in [0.2, 0.25) is 0 Å².